The first-order valence-electron chi connectivity index (χ1n) is 4.12. The molecule has 1 rings (SSSR count). The van der Waals surface area contributed by atoms with Gasteiger partial charge in [0.15, 0.2) is 0 Å². The number of nitrogens with one attached hydrogen (secondary N) is 1. The van der Waals surface area contributed by atoms with E-state index in [4.69, 9.17) is 5.84 Å². The van der Waals surface area contributed by atoms with E-state index in [2.05, 4.69) is 10.2 Å². The minimum atomic E-state index is -2.81. The summed E-state index contributed by atoms with van der Waals surface area (Å²) in [5.41, 5.74) is 3.68. The van der Waals surface area contributed by atoms with Crippen molar-refractivity contribution in [3.8, 4) is 5.75 Å². The van der Waals surface area contributed by atoms with Crippen LogP contribution < -0.4 is 16.0 Å². The molecule has 0 saturated heterocycles. The van der Waals surface area contributed by atoms with E-state index in [1.165, 1.54) is 0 Å². The number of aryl methyl sites for hydroxylation is 1. The van der Waals surface area contributed by atoms with Gasteiger partial charge < -0.3 is 4.74 Å². The van der Waals surface area contributed by atoms with Crippen molar-refractivity contribution >= 4 is 0 Å². The average molecular weight is 202 g/mol. The van der Waals surface area contributed by atoms with Gasteiger partial charge in [0.1, 0.15) is 5.75 Å². The number of hydrogen-bond donors (Lipinski definition) is 2. The van der Waals surface area contributed by atoms with Crippen LogP contribution in [0.2, 0.25) is 0 Å². The van der Waals surface area contributed by atoms with Crippen molar-refractivity contribution in [1.82, 2.24) is 5.43 Å². The van der Waals surface area contributed by atoms with Crippen LogP contribution in [0.5, 0.6) is 5.75 Å². The molecule has 0 unspecified atom stereocenters. The largest absolute Gasteiger partial charge is 0.434 e. The van der Waals surface area contributed by atoms with Crippen molar-refractivity contribution in [3.63, 3.8) is 0 Å². The third kappa shape index (κ3) is 2.65. The van der Waals surface area contributed by atoms with Crippen molar-refractivity contribution in [1.29, 1.82) is 0 Å². The Kier molecular flexibility index (Phi) is 3.79. The number of hydrazine groups is 1. The van der Waals surface area contributed by atoms with Crippen LogP contribution in [-0.4, -0.2) is 6.61 Å². The topological polar surface area (TPSA) is 47.3 Å². The lowest BCUT2D eigenvalue weighted by atomic mass is 10.1. The Bertz CT molecular complexity index is 305. The average Bonchev–Trinajstić information content (AvgIpc) is 2.11. The van der Waals surface area contributed by atoms with Gasteiger partial charge in [-0.3, -0.25) is 11.3 Å². The minimum absolute atomic E-state index is 0.195. The lowest BCUT2D eigenvalue weighted by molar-refractivity contribution is -0.0509. The van der Waals surface area contributed by atoms with Crippen LogP contribution in [-0.2, 0) is 6.54 Å². The van der Waals surface area contributed by atoms with E-state index >= 15 is 0 Å². The number of hydrogen-bond acceptors (Lipinski definition) is 3. The Morgan fingerprint density at radius 2 is 2.21 bits per heavy atom. The normalized spacial score (nSPS) is 10.6. The maximum atomic E-state index is 12.0. The maximum Gasteiger partial charge on any atom is 0.387 e. The number of halogens is 2. The number of rotatable bonds is 4. The molecule has 78 valence electrons. The Morgan fingerprint density at radius 1 is 1.50 bits per heavy atom. The lowest BCUT2D eigenvalue weighted by Crippen LogP contribution is -2.21. The summed E-state index contributed by atoms with van der Waals surface area (Å²) in [6, 6.07) is 5.16. The summed E-state index contributed by atoms with van der Waals surface area (Å²) in [4.78, 5) is 0. The van der Waals surface area contributed by atoms with Crippen LogP contribution in [0.3, 0.4) is 0 Å². The van der Waals surface area contributed by atoms with Gasteiger partial charge >= 0.3 is 6.61 Å². The summed E-state index contributed by atoms with van der Waals surface area (Å²) in [6.07, 6.45) is 0. The fourth-order valence-electron chi connectivity index (χ4n) is 1.22. The van der Waals surface area contributed by atoms with E-state index in [9.17, 15) is 8.78 Å². The van der Waals surface area contributed by atoms with Crippen LogP contribution in [0, 0.1) is 6.92 Å². The van der Waals surface area contributed by atoms with Crippen LogP contribution in [0.4, 0.5) is 8.78 Å². The van der Waals surface area contributed by atoms with Crippen LogP contribution in [0.1, 0.15) is 11.1 Å². The fourth-order valence-corrected chi connectivity index (χ4v) is 1.22. The SMILES string of the molecule is Cc1cccc(CNN)c1OC(F)F. The van der Waals surface area contributed by atoms with Crippen molar-refractivity contribution < 1.29 is 13.5 Å². The predicted molar refractivity (Wildman–Crippen MR) is 48.8 cm³/mol. The van der Waals surface area contributed by atoms with Gasteiger partial charge in [-0.15, -0.1) is 0 Å². The van der Waals surface area contributed by atoms with Crippen molar-refractivity contribution in [3.05, 3.63) is 29.3 Å². The number of ether oxygens (including phenoxy) is 1. The molecule has 3 nitrogen and oxygen atoms in total. The lowest BCUT2D eigenvalue weighted by Gasteiger charge is -2.12. The first kappa shape index (κ1) is 10.9. The molecular formula is C9H12F2N2O. The van der Waals surface area contributed by atoms with E-state index in [1.807, 2.05) is 0 Å². The van der Waals surface area contributed by atoms with E-state index in [0.29, 0.717) is 17.7 Å². The first-order valence-corrected chi connectivity index (χ1v) is 4.12. The molecule has 0 heterocycles. The smallest absolute Gasteiger partial charge is 0.387 e. The number of alkyl halides is 2. The molecule has 0 bridgehead atoms. The molecule has 0 amide bonds. The summed E-state index contributed by atoms with van der Waals surface area (Å²) in [7, 11) is 0. The van der Waals surface area contributed by atoms with E-state index in [-0.39, 0.29) is 5.75 Å². The van der Waals surface area contributed by atoms with Gasteiger partial charge in [0.05, 0.1) is 0 Å². The van der Waals surface area contributed by atoms with E-state index < -0.39 is 6.61 Å². The highest BCUT2D eigenvalue weighted by molar-refractivity contribution is 5.40. The van der Waals surface area contributed by atoms with Gasteiger partial charge in [-0.25, -0.2) is 0 Å². The monoisotopic (exact) mass is 202 g/mol. The van der Waals surface area contributed by atoms with E-state index in [1.54, 1.807) is 25.1 Å². The third-order valence-corrected chi connectivity index (χ3v) is 1.79. The first-order chi connectivity index (χ1) is 6.65. The van der Waals surface area contributed by atoms with Gasteiger partial charge in [0, 0.05) is 12.1 Å². The quantitative estimate of drug-likeness (QED) is 0.575. The molecule has 0 spiro atoms. The summed E-state index contributed by atoms with van der Waals surface area (Å²) < 4.78 is 28.5. The number of nitrogens with two attached hydrogens (primary N) is 1. The standard InChI is InChI=1S/C9H12F2N2O/c1-6-3-2-4-7(5-13-12)8(6)14-9(10)11/h2-4,9,13H,5,12H2,1H3. The van der Waals surface area contributed by atoms with Gasteiger partial charge in [0.2, 0.25) is 0 Å². The second-order valence-corrected chi connectivity index (χ2v) is 2.82. The van der Waals surface area contributed by atoms with Gasteiger partial charge in [-0.2, -0.15) is 8.78 Å². The zero-order valence-corrected chi connectivity index (χ0v) is 7.76. The molecule has 0 aliphatic heterocycles. The molecule has 0 saturated carbocycles. The molecule has 3 N–H and O–H groups in total. The van der Waals surface area contributed by atoms with Crippen LogP contribution in [0.15, 0.2) is 18.2 Å². The second-order valence-electron chi connectivity index (χ2n) is 2.82. The van der Waals surface area contributed by atoms with Crippen LogP contribution in [0.25, 0.3) is 0 Å². The summed E-state index contributed by atoms with van der Waals surface area (Å²) >= 11 is 0. The molecule has 1 aromatic rings. The summed E-state index contributed by atoms with van der Waals surface area (Å²) in [5.74, 6) is 5.31. The minimum Gasteiger partial charge on any atom is -0.434 e. The highest BCUT2D eigenvalue weighted by Crippen LogP contribution is 2.24. The number of benzene rings is 1. The number of para-hydroxylation sites is 1. The molecule has 0 aromatic heterocycles. The molecular weight excluding hydrogens is 190 g/mol. The van der Waals surface area contributed by atoms with E-state index in [0.717, 1.165) is 0 Å². The van der Waals surface area contributed by atoms with Crippen molar-refractivity contribution in [2.45, 2.75) is 20.1 Å². The Labute approximate surface area is 80.8 Å². The predicted octanol–water partition coefficient (Wildman–Crippen LogP) is 1.56. The zero-order chi connectivity index (χ0) is 10.6. The van der Waals surface area contributed by atoms with Gasteiger partial charge in [-0.05, 0) is 12.5 Å². The summed E-state index contributed by atoms with van der Waals surface area (Å²) in [6.45, 7) is -0.811. The molecule has 0 aliphatic rings. The molecule has 14 heavy (non-hydrogen) atoms. The fraction of sp³-hybridized carbons (Fsp3) is 0.333. The Morgan fingerprint density at radius 3 is 2.79 bits per heavy atom. The van der Waals surface area contributed by atoms with Crippen molar-refractivity contribution in [2.24, 2.45) is 5.84 Å². The highest BCUT2D eigenvalue weighted by Gasteiger charge is 2.11. The van der Waals surface area contributed by atoms with Gasteiger partial charge in [0.25, 0.3) is 0 Å². The molecule has 0 fully saturated rings. The molecule has 0 radical (unpaired) electrons. The zero-order valence-electron chi connectivity index (χ0n) is 7.76. The third-order valence-electron chi connectivity index (χ3n) is 1.79. The summed E-state index contributed by atoms with van der Waals surface area (Å²) in [5, 5.41) is 0. The van der Waals surface area contributed by atoms with Crippen LogP contribution >= 0.6 is 0 Å². The second kappa shape index (κ2) is 4.88. The highest BCUT2D eigenvalue weighted by atomic mass is 19.3. The molecule has 1 aromatic carbocycles. The molecule has 0 atom stereocenters. The maximum absolute atomic E-state index is 12.0. The van der Waals surface area contributed by atoms with Crippen molar-refractivity contribution in [2.75, 3.05) is 0 Å². The van der Waals surface area contributed by atoms with Gasteiger partial charge in [-0.1, -0.05) is 18.2 Å². The Hall–Kier alpha value is -1.20. The Balaban J connectivity index is 2.96. The molecule has 0 aliphatic carbocycles. The molecule has 5 heteroatoms.